The highest BCUT2D eigenvalue weighted by molar-refractivity contribution is 5.93. The molecule has 138 valence electrons. The second kappa shape index (κ2) is 8.69. The number of benzene rings is 2. The van der Waals surface area contributed by atoms with E-state index in [2.05, 4.69) is 21.6 Å². The molecule has 1 unspecified atom stereocenters. The molecule has 2 N–H and O–H groups in total. The van der Waals surface area contributed by atoms with Crippen molar-refractivity contribution in [1.29, 1.82) is 0 Å². The Hall–Kier alpha value is -2.57. The monoisotopic (exact) mass is 355 g/mol. The number of carbonyl (C=O) groups excluding carboxylic acids is 1. The minimum Gasteiger partial charge on any atom is -0.496 e. The van der Waals surface area contributed by atoms with Gasteiger partial charge in [0, 0.05) is 25.2 Å². The molecule has 0 radical (unpaired) electrons. The molecule has 1 amide bonds. The van der Waals surface area contributed by atoms with Crippen molar-refractivity contribution >= 4 is 11.6 Å². The number of rotatable bonds is 6. The molecule has 0 spiro atoms. The van der Waals surface area contributed by atoms with Crippen molar-refractivity contribution in [2.75, 3.05) is 45.7 Å². The van der Waals surface area contributed by atoms with Crippen LogP contribution in [0.4, 0.5) is 5.69 Å². The van der Waals surface area contributed by atoms with Gasteiger partial charge in [0.05, 0.1) is 32.5 Å². The van der Waals surface area contributed by atoms with Crippen LogP contribution >= 0.6 is 0 Å². The summed E-state index contributed by atoms with van der Waals surface area (Å²) in [7, 11) is 3.27. The first-order chi connectivity index (χ1) is 12.7. The van der Waals surface area contributed by atoms with Crippen molar-refractivity contribution in [2.45, 2.75) is 6.04 Å². The van der Waals surface area contributed by atoms with Crippen molar-refractivity contribution in [3.05, 3.63) is 54.1 Å². The fourth-order valence-electron chi connectivity index (χ4n) is 3.31. The lowest BCUT2D eigenvalue weighted by Gasteiger charge is -2.36. The van der Waals surface area contributed by atoms with E-state index in [1.54, 1.807) is 14.2 Å². The third kappa shape index (κ3) is 4.15. The highest BCUT2D eigenvalue weighted by atomic mass is 16.5. The maximum Gasteiger partial charge on any atom is 0.238 e. The SMILES string of the molecule is COc1ccccc1NC(=O)CN1CCNCC1c1ccccc1OC. The number of para-hydroxylation sites is 3. The zero-order valence-corrected chi connectivity index (χ0v) is 15.2. The summed E-state index contributed by atoms with van der Waals surface area (Å²) >= 11 is 0. The fraction of sp³-hybridized carbons (Fsp3) is 0.350. The number of hydrogen-bond acceptors (Lipinski definition) is 5. The summed E-state index contributed by atoms with van der Waals surface area (Å²) in [6.45, 7) is 2.74. The summed E-state index contributed by atoms with van der Waals surface area (Å²) in [6, 6.07) is 15.5. The van der Waals surface area contributed by atoms with Crippen LogP contribution in [0, 0.1) is 0 Å². The number of nitrogens with one attached hydrogen (secondary N) is 2. The topological polar surface area (TPSA) is 62.8 Å². The third-order valence-corrected chi connectivity index (χ3v) is 4.58. The van der Waals surface area contributed by atoms with Crippen LogP contribution in [0.2, 0.25) is 0 Å². The first-order valence-corrected chi connectivity index (χ1v) is 8.73. The van der Waals surface area contributed by atoms with Crippen molar-refractivity contribution in [3.8, 4) is 11.5 Å². The van der Waals surface area contributed by atoms with Gasteiger partial charge < -0.3 is 20.1 Å². The molecule has 1 aliphatic heterocycles. The number of methoxy groups -OCH3 is 2. The highest BCUT2D eigenvalue weighted by Gasteiger charge is 2.27. The van der Waals surface area contributed by atoms with Crippen molar-refractivity contribution in [2.24, 2.45) is 0 Å². The fourth-order valence-corrected chi connectivity index (χ4v) is 3.31. The summed E-state index contributed by atoms with van der Waals surface area (Å²) in [5.74, 6) is 1.44. The lowest BCUT2D eigenvalue weighted by atomic mass is 10.0. The zero-order chi connectivity index (χ0) is 18.4. The highest BCUT2D eigenvalue weighted by Crippen LogP contribution is 2.30. The van der Waals surface area contributed by atoms with Gasteiger partial charge in [-0.25, -0.2) is 0 Å². The van der Waals surface area contributed by atoms with E-state index in [9.17, 15) is 4.79 Å². The van der Waals surface area contributed by atoms with Crippen molar-refractivity contribution < 1.29 is 14.3 Å². The zero-order valence-electron chi connectivity index (χ0n) is 15.2. The number of nitrogens with zero attached hydrogens (tertiary/aromatic N) is 1. The molecule has 1 fully saturated rings. The maximum absolute atomic E-state index is 12.6. The van der Waals surface area contributed by atoms with Gasteiger partial charge in [0.15, 0.2) is 0 Å². The van der Waals surface area contributed by atoms with Crippen LogP contribution in [-0.4, -0.2) is 51.2 Å². The summed E-state index contributed by atoms with van der Waals surface area (Å²) in [5.41, 5.74) is 1.77. The quantitative estimate of drug-likeness (QED) is 0.832. The Balaban J connectivity index is 1.73. The van der Waals surface area contributed by atoms with Crippen LogP contribution in [0.1, 0.15) is 11.6 Å². The molecule has 1 heterocycles. The molecule has 6 heteroatoms. The van der Waals surface area contributed by atoms with E-state index in [-0.39, 0.29) is 11.9 Å². The van der Waals surface area contributed by atoms with Gasteiger partial charge in [0.2, 0.25) is 5.91 Å². The van der Waals surface area contributed by atoms with Crippen LogP contribution in [-0.2, 0) is 4.79 Å². The smallest absolute Gasteiger partial charge is 0.238 e. The average Bonchev–Trinajstić information content (AvgIpc) is 2.68. The van der Waals surface area contributed by atoms with Gasteiger partial charge in [-0.2, -0.15) is 0 Å². The van der Waals surface area contributed by atoms with E-state index in [0.717, 1.165) is 30.9 Å². The second-order valence-corrected chi connectivity index (χ2v) is 6.18. The Morgan fingerprint density at radius 1 is 1.12 bits per heavy atom. The molecule has 2 aromatic carbocycles. The van der Waals surface area contributed by atoms with Crippen LogP contribution in [0.25, 0.3) is 0 Å². The Kier molecular flexibility index (Phi) is 6.09. The first kappa shape index (κ1) is 18.2. The minimum atomic E-state index is -0.0590. The predicted octanol–water partition coefficient (Wildman–Crippen LogP) is 2.29. The largest absolute Gasteiger partial charge is 0.496 e. The normalized spacial score (nSPS) is 17.5. The third-order valence-electron chi connectivity index (χ3n) is 4.58. The number of hydrogen-bond donors (Lipinski definition) is 2. The number of ether oxygens (including phenoxy) is 2. The average molecular weight is 355 g/mol. The van der Waals surface area contributed by atoms with E-state index >= 15 is 0 Å². The standard InChI is InChI=1S/C20H25N3O3/c1-25-18-9-5-3-7-15(18)17-13-21-11-12-23(17)14-20(24)22-16-8-4-6-10-19(16)26-2/h3-10,17,21H,11-14H2,1-2H3,(H,22,24). The molecule has 1 atom stereocenters. The van der Waals surface area contributed by atoms with E-state index < -0.39 is 0 Å². The van der Waals surface area contributed by atoms with E-state index in [1.165, 1.54) is 0 Å². The Morgan fingerprint density at radius 2 is 1.81 bits per heavy atom. The lowest BCUT2D eigenvalue weighted by molar-refractivity contribution is -0.118. The molecule has 6 nitrogen and oxygen atoms in total. The Labute approximate surface area is 154 Å². The Morgan fingerprint density at radius 3 is 2.58 bits per heavy atom. The summed E-state index contributed by atoms with van der Waals surface area (Å²) in [6.07, 6.45) is 0. The molecular formula is C20H25N3O3. The molecule has 26 heavy (non-hydrogen) atoms. The van der Waals surface area contributed by atoms with Gasteiger partial charge in [-0.15, -0.1) is 0 Å². The lowest BCUT2D eigenvalue weighted by Crippen LogP contribution is -2.48. The van der Waals surface area contributed by atoms with Crippen LogP contribution < -0.4 is 20.1 Å². The van der Waals surface area contributed by atoms with Crippen molar-refractivity contribution in [1.82, 2.24) is 10.2 Å². The van der Waals surface area contributed by atoms with E-state index in [0.29, 0.717) is 18.0 Å². The predicted molar refractivity (Wildman–Crippen MR) is 102 cm³/mol. The molecule has 0 bridgehead atoms. The molecule has 0 aliphatic carbocycles. The van der Waals surface area contributed by atoms with Gasteiger partial charge in [-0.1, -0.05) is 30.3 Å². The number of amides is 1. The van der Waals surface area contributed by atoms with E-state index in [1.807, 2.05) is 42.5 Å². The number of anilines is 1. The first-order valence-electron chi connectivity index (χ1n) is 8.73. The molecule has 1 aliphatic rings. The van der Waals surface area contributed by atoms with Gasteiger partial charge in [0.25, 0.3) is 0 Å². The molecule has 1 saturated heterocycles. The molecule has 0 aromatic heterocycles. The number of piperazine rings is 1. The minimum absolute atomic E-state index is 0.0590. The maximum atomic E-state index is 12.6. The Bertz CT molecular complexity index is 751. The van der Waals surface area contributed by atoms with Crippen LogP contribution in [0.3, 0.4) is 0 Å². The van der Waals surface area contributed by atoms with E-state index in [4.69, 9.17) is 9.47 Å². The van der Waals surface area contributed by atoms with Gasteiger partial charge in [-0.3, -0.25) is 9.69 Å². The molecule has 0 saturated carbocycles. The van der Waals surface area contributed by atoms with Gasteiger partial charge in [0.1, 0.15) is 11.5 Å². The van der Waals surface area contributed by atoms with Crippen molar-refractivity contribution in [3.63, 3.8) is 0 Å². The molecule has 3 rings (SSSR count). The molecular weight excluding hydrogens is 330 g/mol. The number of carbonyl (C=O) groups is 1. The second-order valence-electron chi connectivity index (χ2n) is 6.18. The van der Waals surface area contributed by atoms with Gasteiger partial charge >= 0.3 is 0 Å². The van der Waals surface area contributed by atoms with Crippen LogP contribution in [0.5, 0.6) is 11.5 Å². The summed E-state index contributed by atoms with van der Waals surface area (Å²) in [4.78, 5) is 14.8. The summed E-state index contributed by atoms with van der Waals surface area (Å²) in [5, 5.41) is 6.36. The molecule has 2 aromatic rings. The van der Waals surface area contributed by atoms with Gasteiger partial charge in [-0.05, 0) is 18.2 Å². The summed E-state index contributed by atoms with van der Waals surface area (Å²) < 4.78 is 10.8. The van der Waals surface area contributed by atoms with Crippen LogP contribution in [0.15, 0.2) is 48.5 Å².